The van der Waals surface area contributed by atoms with E-state index in [4.69, 9.17) is 0 Å². The molecule has 3 fully saturated rings. The second kappa shape index (κ2) is 4.92. The molecule has 0 radical (unpaired) electrons. The molecule has 6 atom stereocenters. The fraction of sp³-hybridized carbons (Fsp3) is 0.789. The molecule has 4 heteroatoms. The summed E-state index contributed by atoms with van der Waals surface area (Å²) >= 11 is 0. The Balaban J connectivity index is 1.75. The van der Waals surface area contributed by atoms with Gasteiger partial charge in [-0.3, -0.25) is 4.79 Å². The van der Waals surface area contributed by atoms with Gasteiger partial charge in [-0.25, -0.2) is 0 Å². The van der Waals surface area contributed by atoms with Crippen LogP contribution in [0.5, 0.6) is 0 Å². The molecule has 4 aliphatic rings. The van der Waals surface area contributed by atoms with E-state index >= 15 is 0 Å². The van der Waals surface area contributed by atoms with Gasteiger partial charge in [0.05, 0.1) is 11.8 Å². The van der Waals surface area contributed by atoms with Crippen LogP contribution < -0.4 is 0 Å². The van der Waals surface area contributed by atoms with Crippen LogP contribution in [0.1, 0.15) is 58.8 Å². The number of aliphatic hydroxyl groups excluding tert-OH is 1. The van der Waals surface area contributed by atoms with Crippen LogP contribution in [-0.2, 0) is 4.79 Å². The molecule has 0 aromatic carbocycles. The maximum atomic E-state index is 11.8. The minimum atomic E-state index is -0.377. The monoisotopic (exact) mass is 317 g/mol. The molecule has 6 unspecified atom stereocenters. The van der Waals surface area contributed by atoms with E-state index in [0.29, 0.717) is 24.7 Å². The molecule has 4 rings (SSSR count). The average Bonchev–Trinajstić information content (AvgIpc) is 2.83. The molecule has 0 saturated heterocycles. The first-order valence-electron chi connectivity index (χ1n) is 9.03. The van der Waals surface area contributed by atoms with Gasteiger partial charge in [-0.2, -0.15) is 0 Å². The molecule has 23 heavy (non-hydrogen) atoms. The van der Waals surface area contributed by atoms with Crippen LogP contribution in [-0.4, -0.2) is 27.9 Å². The normalized spacial score (nSPS) is 51.0. The van der Waals surface area contributed by atoms with Crippen LogP contribution in [0.15, 0.2) is 16.8 Å². The Hall–Kier alpha value is -1.16. The highest BCUT2D eigenvalue weighted by Crippen LogP contribution is 2.64. The van der Waals surface area contributed by atoms with Crippen molar-refractivity contribution in [2.75, 3.05) is 0 Å². The molecule has 0 amide bonds. The highest BCUT2D eigenvalue weighted by Gasteiger charge is 2.61. The van der Waals surface area contributed by atoms with Crippen LogP contribution in [0.25, 0.3) is 0 Å². The first kappa shape index (κ1) is 15.4. The summed E-state index contributed by atoms with van der Waals surface area (Å²) in [5, 5.41) is 24.0. The van der Waals surface area contributed by atoms with Crippen molar-refractivity contribution in [3.8, 4) is 0 Å². The number of fused-ring (bicyclic) bond motifs is 5. The zero-order valence-corrected chi connectivity index (χ0v) is 14.1. The fourth-order valence-electron chi connectivity index (χ4n) is 6.64. The van der Waals surface area contributed by atoms with Crippen molar-refractivity contribution in [2.45, 2.75) is 64.9 Å². The Morgan fingerprint density at radius 1 is 1.17 bits per heavy atom. The van der Waals surface area contributed by atoms with Crippen molar-refractivity contribution >= 4 is 11.5 Å². The number of rotatable bonds is 0. The van der Waals surface area contributed by atoms with Gasteiger partial charge in [-0.1, -0.05) is 24.6 Å². The molecule has 0 aromatic heterocycles. The molecule has 126 valence electrons. The molecular formula is C19H27NO3. The van der Waals surface area contributed by atoms with E-state index in [9.17, 15) is 15.1 Å². The number of carbonyl (C=O) groups is 1. The third-order valence-electron chi connectivity index (χ3n) is 7.76. The van der Waals surface area contributed by atoms with Crippen molar-refractivity contribution in [3.63, 3.8) is 0 Å². The number of carbonyl (C=O) groups excluding carboxylic acids is 1. The second-order valence-electron chi connectivity index (χ2n) is 8.66. The summed E-state index contributed by atoms with van der Waals surface area (Å²) in [4.78, 5) is 11.8. The number of allylic oxidation sites excluding steroid dienone is 1. The molecule has 4 nitrogen and oxygen atoms in total. The Kier molecular flexibility index (Phi) is 3.29. The number of nitrogens with zero attached hydrogens (tertiary/aromatic N) is 1. The van der Waals surface area contributed by atoms with Crippen molar-refractivity contribution in [3.05, 3.63) is 11.6 Å². The lowest BCUT2D eigenvalue weighted by molar-refractivity contribution is -0.122. The lowest BCUT2D eigenvalue weighted by atomic mass is 9.46. The van der Waals surface area contributed by atoms with Gasteiger partial charge in [0.25, 0.3) is 0 Å². The Bertz CT molecular complexity index is 610. The van der Waals surface area contributed by atoms with E-state index in [1.54, 1.807) is 0 Å². The fourth-order valence-corrected chi connectivity index (χ4v) is 6.64. The van der Waals surface area contributed by atoms with Crippen molar-refractivity contribution in [2.24, 2.45) is 33.7 Å². The molecule has 0 spiro atoms. The quantitative estimate of drug-likeness (QED) is 0.532. The van der Waals surface area contributed by atoms with Gasteiger partial charge in [0.1, 0.15) is 0 Å². The summed E-state index contributed by atoms with van der Waals surface area (Å²) in [6, 6.07) is 0. The topological polar surface area (TPSA) is 69.9 Å². The second-order valence-corrected chi connectivity index (χ2v) is 8.66. The van der Waals surface area contributed by atoms with E-state index in [0.717, 1.165) is 37.8 Å². The zero-order chi connectivity index (χ0) is 16.4. The lowest BCUT2D eigenvalue weighted by Crippen LogP contribution is -2.56. The van der Waals surface area contributed by atoms with Crippen LogP contribution >= 0.6 is 0 Å². The summed E-state index contributed by atoms with van der Waals surface area (Å²) in [6.07, 6.45) is 7.62. The van der Waals surface area contributed by atoms with Crippen molar-refractivity contribution < 1.29 is 15.1 Å². The van der Waals surface area contributed by atoms with Gasteiger partial charge in [0, 0.05) is 11.8 Å². The zero-order valence-electron chi connectivity index (χ0n) is 14.1. The highest BCUT2D eigenvalue weighted by atomic mass is 16.4. The minimum absolute atomic E-state index is 0.0311. The number of aliphatic hydroxyl groups is 1. The summed E-state index contributed by atoms with van der Waals surface area (Å²) in [5.74, 6) is 1.46. The molecule has 0 bridgehead atoms. The van der Waals surface area contributed by atoms with Crippen LogP contribution in [0.4, 0.5) is 0 Å². The Morgan fingerprint density at radius 2 is 1.96 bits per heavy atom. The Morgan fingerprint density at radius 3 is 2.70 bits per heavy atom. The standard InChI is InChI=1S/C19H27NO3/c1-18-8-7-12(21)9-11(18)3-4-13-14-5-6-16(20-23)19(14,2)10-15(22)17(13)18/h9,13-15,17,22-23H,3-8,10H2,1-2H3. The van der Waals surface area contributed by atoms with Gasteiger partial charge in [-0.15, -0.1) is 0 Å². The molecule has 3 saturated carbocycles. The van der Waals surface area contributed by atoms with Gasteiger partial charge < -0.3 is 10.3 Å². The van der Waals surface area contributed by atoms with E-state index in [1.165, 1.54) is 5.57 Å². The van der Waals surface area contributed by atoms with Gasteiger partial charge in [-0.05, 0) is 67.8 Å². The SMILES string of the molecule is CC12CC(O)C3C(CCC4=CC(=O)CCC43C)C1CCC2=NO. The highest BCUT2D eigenvalue weighted by molar-refractivity contribution is 5.92. The largest absolute Gasteiger partial charge is 0.411 e. The average molecular weight is 317 g/mol. The third kappa shape index (κ3) is 1.93. The Labute approximate surface area is 137 Å². The first-order valence-corrected chi connectivity index (χ1v) is 9.03. The summed E-state index contributed by atoms with van der Waals surface area (Å²) in [7, 11) is 0. The number of hydrogen-bond acceptors (Lipinski definition) is 4. The third-order valence-corrected chi connectivity index (χ3v) is 7.76. The van der Waals surface area contributed by atoms with Crippen LogP contribution in [0.3, 0.4) is 0 Å². The van der Waals surface area contributed by atoms with Crippen LogP contribution in [0, 0.1) is 28.6 Å². The van der Waals surface area contributed by atoms with Crippen LogP contribution in [0.2, 0.25) is 0 Å². The number of hydrogen-bond donors (Lipinski definition) is 2. The predicted molar refractivity (Wildman–Crippen MR) is 87.3 cm³/mol. The summed E-state index contributed by atoms with van der Waals surface area (Å²) in [6.45, 7) is 4.45. The predicted octanol–water partition coefficient (Wildman–Crippen LogP) is 3.32. The van der Waals surface area contributed by atoms with E-state index in [2.05, 4.69) is 19.0 Å². The van der Waals surface area contributed by atoms with E-state index < -0.39 is 0 Å². The first-order chi connectivity index (χ1) is 10.9. The summed E-state index contributed by atoms with van der Waals surface area (Å²) in [5.41, 5.74) is 1.96. The summed E-state index contributed by atoms with van der Waals surface area (Å²) < 4.78 is 0. The molecule has 0 aromatic rings. The van der Waals surface area contributed by atoms with Gasteiger partial charge in [0.15, 0.2) is 5.78 Å². The molecular weight excluding hydrogens is 290 g/mol. The minimum Gasteiger partial charge on any atom is -0.411 e. The smallest absolute Gasteiger partial charge is 0.155 e. The number of oxime groups is 1. The molecule has 4 aliphatic carbocycles. The molecule has 0 heterocycles. The maximum Gasteiger partial charge on any atom is 0.155 e. The molecule has 2 N–H and O–H groups in total. The maximum absolute atomic E-state index is 11.8. The lowest BCUT2D eigenvalue weighted by Gasteiger charge is -2.58. The van der Waals surface area contributed by atoms with Crippen molar-refractivity contribution in [1.29, 1.82) is 0 Å². The van der Waals surface area contributed by atoms with Gasteiger partial charge >= 0.3 is 0 Å². The van der Waals surface area contributed by atoms with E-state index in [1.807, 2.05) is 6.08 Å². The number of ketones is 1. The van der Waals surface area contributed by atoms with Crippen molar-refractivity contribution in [1.82, 2.24) is 0 Å². The molecule has 0 aliphatic heterocycles. The van der Waals surface area contributed by atoms with Gasteiger partial charge in [0.2, 0.25) is 0 Å². The van der Waals surface area contributed by atoms with E-state index in [-0.39, 0.29) is 28.6 Å².